The highest BCUT2D eigenvalue weighted by Gasteiger charge is 2.30. The largest absolute Gasteiger partial charge is 0.497 e. The third-order valence-electron chi connectivity index (χ3n) is 4.65. The topological polar surface area (TPSA) is 175 Å². The van der Waals surface area contributed by atoms with Crippen LogP contribution in [0.2, 0.25) is 0 Å². The quantitative estimate of drug-likeness (QED) is 0.295. The lowest BCUT2D eigenvalue weighted by atomic mass is 10.1. The number of nitrogens with zero attached hydrogens (tertiary/aromatic N) is 4. The number of rotatable bonds is 6. The van der Waals surface area contributed by atoms with Crippen LogP contribution in [-0.4, -0.2) is 24.9 Å². The lowest BCUT2D eigenvalue weighted by molar-refractivity contribution is -0.404. The Morgan fingerprint density at radius 1 is 0.824 bits per heavy atom. The first-order chi connectivity index (χ1) is 16.3. The van der Waals surface area contributed by atoms with Gasteiger partial charge in [0.15, 0.2) is 0 Å². The van der Waals surface area contributed by atoms with Gasteiger partial charge in [0.2, 0.25) is 0 Å². The Morgan fingerprint density at radius 3 is 2.06 bits per heavy atom. The Hall–Kier alpha value is -5.13. The molecule has 1 heterocycles. The summed E-state index contributed by atoms with van der Waals surface area (Å²) >= 11 is 0. The summed E-state index contributed by atoms with van der Waals surface area (Å²) in [6.07, 6.45) is 3.68. The fourth-order valence-corrected chi connectivity index (χ4v) is 3.05. The second kappa shape index (κ2) is 10.5. The van der Waals surface area contributed by atoms with E-state index >= 15 is 0 Å². The first kappa shape index (κ1) is 23.5. The average molecular weight is 463 g/mol. The van der Waals surface area contributed by atoms with Gasteiger partial charge < -0.3 is 10.4 Å². The summed E-state index contributed by atoms with van der Waals surface area (Å²) in [5, 5.41) is 46.2. The Bertz CT molecular complexity index is 1320. The molecule has 0 saturated carbocycles. The zero-order chi connectivity index (χ0) is 24.7. The van der Waals surface area contributed by atoms with Gasteiger partial charge in [-0.15, -0.1) is 0 Å². The number of benzene rings is 3. The van der Waals surface area contributed by atoms with Gasteiger partial charge in [-0.05, 0) is 23.1 Å². The van der Waals surface area contributed by atoms with Crippen molar-refractivity contribution < 1.29 is 19.9 Å². The number of fused-ring (bicyclic) bond motifs is 1. The van der Waals surface area contributed by atoms with E-state index in [4.69, 9.17) is 5.11 Å². The SMILES string of the molecule is O=[N+]([O-])c1cc([N+](=O)[O-])c(O)c([N+](=O)[O-])c1.c1cncc(CNc2cccc3ccccc23)c1. The summed E-state index contributed by atoms with van der Waals surface area (Å²) in [4.78, 5) is 31.9. The van der Waals surface area contributed by atoms with Gasteiger partial charge in [-0.3, -0.25) is 35.3 Å². The van der Waals surface area contributed by atoms with Crippen molar-refractivity contribution in [3.63, 3.8) is 0 Å². The lowest BCUT2D eigenvalue weighted by Crippen LogP contribution is -1.99. The molecular formula is C22H17N5O7. The third-order valence-corrected chi connectivity index (χ3v) is 4.65. The summed E-state index contributed by atoms with van der Waals surface area (Å²) in [5.41, 5.74) is -0.652. The van der Waals surface area contributed by atoms with Crippen molar-refractivity contribution in [3.8, 4) is 5.75 Å². The van der Waals surface area contributed by atoms with Crippen molar-refractivity contribution in [2.45, 2.75) is 6.54 Å². The van der Waals surface area contributed by atoms with Crippen molar-refractivity contribution in [1.29, 1.82) is 0 Å². The summed E-state index contributed by atoms with van der Waals surface area (Å²) in [6, 6.07) is 19.6. The van der Waals surface area contributed by atoms with Crippen LogP contribution in [0.4, 0.5) is 22.7 Å². The number of pyridine rings is 1. The molecule has 0 fully saturated rings. The van der Waals surface area contributed by atoms with Gasteiger partial charge in [-0.25, -0.2) is 0 Å². The molecule has 0 aliphatic rings. The van der Waals surface area contributed by atoms with Crippen LogP contribution in [0.1, 0.15) is 5.56 Å². The molecule has 0 aliphatic carbocycles. The molecule has 12 heteroatoms. The van der Waals surface area contributed by atoms with E-state index in [0.29, 0.717) is 12.1 Å². The highest BCUT2D eigenvalue weighted by Crippen LogP contribution is 2.38. The van der Waals surface area contributed by atoms with E-state index in [0.717, 1.165) is 12.2 Å². The molecule has 0 radical (unpaired) electrons. The first-order valence-electron chi connectivity index (χ1n) is 9.68. The molecule has 0 amide bonds. The predicted molar refractivity (Wildman–Crippen MR) is 124 cm³/mol. The summed E-state index contributed by atoms with van der Waals surface area (Å²) < 4.78 is 0. The lowest BCUT2D eigenvalue weighted by Gasteiger charge is -2.09. The van der Waals surface area contributed by atoms with E-state index < -0.39 is 37.6 Å². The van der Waals surface area contributed by atoms with Crippen molar-refractivity contribution in [2.75, 3.05) is 5.32 Å². The molecule has 3 aromatic carbocycles. The Morgan fingerprint density at radius 2 is 1.47 bits per heavy atom. The van der Waals surface area contributed by atoms with Crippen LogP contribution in [0.5, 0.6) is 5.75 Å². The smallest absolute Gasteiger partial charge is 0.324 e. The number of non-ortho nitro benzene ring substituents is 1. The number of nitro groups is 3. The zero-order valence-electron chi connectivity index (χ0n) is 17.4. The van der Waals surface area contributed by atoms with E-state index in [1.807, 2.05) is 12.3 Å². The standard InChI is InChI=1S/C16H14N2.C6H3N3O7/c1-2-8-15-14(6-1)7-3-9-16(15)18-12-13-5-4-10-17-11-13;10-6-4(8(13)14)1-3(7(11)12)2-5(6)9(15)16/h1-11,18H,12H2;1-2,10H. The summed E-state index contributed by atoms with van der Waals surface area (Å²) in [5.74, 6) is -1.21. The summed E-state index contributed by atoms with van der Waals surface area (Å²) in [6.45, 7) is 0.793. The van der Waals surface area contributed by atoms with Gasteiger partial charge >= 0.3 is 11.4 Å². The van der Waals surface area contributed by atoms with E-state index in [1.165, 1.54) is 16.3 Å². The molecule has 2 N–H and O–H groups in total. The number of anilines is 1. The molecule has 0 spiro atoms. The van der Waals surface area contributed by atoms with E-state index in [9.17, 15) is 30.3 Å². The number of hydrogen-bond acceptors (Lipinski definition) is 9. The van der Waals surface area contributed by atoms with Gasteiger partial charge in [0.05, 0.1) is 26.9 Å². The Kier molecular flexibility index (Phi) is 7.24. The second-order valence-corrected chi connectivity index (χ2v) is 6.85. The van der Waals surface area contributed by atoms with Crippen LogP contribution in [-0.2, 0) is 6.54 Å². The molecular weight excluding hydrogens is 446 g/mol. The fourth-order valence-electron chi connectivity index (χ4n) is 3.05. The highest BCUT2D eigenvalue weighted by molar-refractivity contribution is 5.93. The van der Waals surface area contributed by atoms with Crippen LogP contribution < -0.4 is 5.32 Å². The van der Waals surface area contributed by atoms with Gasteiger partial charge in [-0.1, -0.05) is 42.5 Å². The number of phenols is 1. The number of aromatic hydroxyl groups is 1. The number of nitro benzene ring substituents is 3. The molecule has 12 nitrogen and oxygen atoms in total. The average Bonchev–Trinajstić information content (AvgIpc) is 2.83. The molecule has 0 saturated heterocycles. The minimum absolute atomic E-state index is 0.447. The van der Waals surface area contributed by atoms with Crippen molar-refractivity contribution in [1.82, 2.24) is 4.98 Å². The van der Waals surface area contributed by atoms with Gasteiger partial charge in [0.1, 0.15) is 0 Å². The predicted octanol–water partition coefficient (Wildman–Crippen LogP) is 4.96. The maximum absolute atomic E-state index is 10.4. The monoisotopic (exact) mass is 463 g/mol. The zero-order valence-corrected chi connectivity index (χ0v) is 17.4. The fraction of sp³-hybridized carbons (Fsp3) is 0.0455. The van der Waals surface area contributed by atoms with Crippen LogP contribution in [0.15, 0.2) is 79.1 Å². The molecule has 0 unspecified atom stereocenters. The Balaban J connectivity index is 0.000000192. The molecule has 1 aromatic heterocycles. The minimum atomic E-state index is -1.21. The number of aromatic nitrogens is 1. The van der Waals surface area contributed by atoms with E-state index in [-0.39, 0.29) is 0 Å². The molecule has 0 aliphatic heterocycles. The molecule has 4 rings (SSSR count). The van der Waals surface area contributed by atoms with Crippen molar-refractivity contribution in [2.24, 2.45) is 0 Å². The molecule has 4 aromatic rings. The van der Waals surface area contributed by atoms with Gasteiger partial charge in [0.25, 0.3) is 11.4 Å². The van der Waals surface area contributed by atoms with Gasteiger partial charge in [0, 0.05) is 30.0 Å². The minimum Gasteiger partial charge on any atom is -0.497 e. The third kappa shape index (κ3) is 5.56. The molecule has 0 bridgehead atoms. The maximum Gasteiger partial charge on any atom is 0.324 e. The molecule has 34 heavy (non-hydrogen) atoms. The van der Waals surface area contributed by atoms with E-state index in [2.05, 4.69) is 58.8 Å². The number of nitrogens with one attached hydrogen (secondary N) is 1. The van der Waals surface area contributed by atoms with Crippen LogP contribution in [0.3, 0.4) is 0 Å². The second-order valence-electron chi connectivity index (χ2n) is 6.85. The Labute approximate surface area is 191 Å². The van der Waals surface area contributed by atoms with Crippen LogP contribution in [0.25, 0.3) is 10.8 Å². The van der Waals surface area contributed by atoms with Crippen molar-refractivity contribution in [3.05, 3.63) is 115 Å². The van der Waals surface area contributed by atoms with Gasteiger partial charge in [-0.2, -0.15) is 0 Å². The van der Waals surface area contributed by atoms with E-state index in [1.54, 1.807) is 6.20 Å². The normalized spacial score (nSPS) is 10.1. The van der Waals surface area contributed by atoms with Crippen molar-refractivity contribution >= 4 is 33.5 Å². The maximum atomic E-state index is 10.4. The first-order valence-corrected chi connectivity index (χ1v) is 9.68. The highest BCUT2D eigenvalue weighted by atomic mass is 16.6. The molecule has 172 valence electrons. The number of hydrogen-bond donors (Lipinski definition) is 2. The molecule has 0 atom stereocenters. The number of phenolic OH excluding ortho intramolecular Hbond substituents is 1. The summed E-state index contributed by atoms with van der Waals surface area (Å²) in [7, 11) is 0. The van der Waals surface area contributed by atoms with Crippen LogP contribution in [0, 0.1) is 30.3 Å². The van der Waals surface area contributed by atoms with Crippen LogP contribution >= 0.6 is 0 Å².